The number of rotatable bonds is 5. The first-order valence-corrected chi connectivity index (χ1v) is 14.1. The van der Waals surface area contributed by atoms with Crippen molar-refractivity contribution in [1.29, 1.82) is 0 Å². The molecule has 1 unspecified atom stereocenters. The van der Waals surface area contributed by atoms with Crippen molar-refractivity contribution >= 4 is 34.6 Å². The van der Waals surface area contributed by atoms with Crippen LogP contribution in [-0.4, -0.2) is 33.5 Å². The standard InChI is InChI=1S/C34H31N7O/c1-21(2)23-12-14-24(15-13-23)31-30-22(3)39-41(29-11-7-8-20-35-29)33(30)38-34-32(36-25-16-18-26(42-4)19-17-25)37-27-9-5-6-10-28(27)40(31)34/h5-21,31H,1-4H3,(H,36,37). The third kappa shape index (κ3) is 4.32. The average molecular weight is 554 g/mol. The van der Waals surface area contributed by atoms with Crippen molar-refractivity contribution in [2.75, 3.05) is 17.3 Å². The summed E-state index contributed by atoms with van der Waals surface area (Å²) in [7, 11) is 1.66. The normalized spacial score (nSPS) is 15.4. The first-order valence-electron chi connectivity index (χ1n) is 14.1. The van der Waals surface area contributed by atoms with E-state index < -0.39 is 0 Å². The monoisotopic (exact) mass is 553 g/mol. The van der Waals surface area contributed by atoms with Crippen molar-refractivity contribution in [3.8, 4) is 11.6 Å². The molecule has 0 amide bonds. The lowest BCUT2D eigenvalue weighted by Crippen LogP contribution is -2.46. The van der Waals surface area contributed by atoms with Gasteiger partial charge < -0.3 is 15.0 Å². The third-order valence-corrected chi connectivity index (χ3v) is 7.78. The zero-order valence-corrected chi connectivity index (χ0v) is 24.0. The predicted octanol–water partition coefficient (Wildman–Crippen LogP) is 7.50. The first-order chi connectivity index (χ1) is 20.5. The lowest BCUT2D eigenvalue weighted by atomic mass is 9.91. The van der Waals surface area contributed by atoms with Crippen molar-refractivity contribution in [3.05, 3.63) is 120 Å². The number of nitrogens with zero attached hydrogens (tertiary/aromatic N) is 6. The van der Waals surface area contributed by atoms with E-state index in [4.69, 9.17) is 19.8 Å². The van der Waals surface area contributed by atoms with Crippen LogP contribution < -0.4 is 15.0 Å². The summed E-state index contributed by atoms with van der Waals surface area (Å²) in [5, 5.41) is 8.51. The van der Waals surface area contributed by atoms with Crippen molar-refractivity contribution in [3.63, 3.8) is 0 Å². The minimum Gasteiger partial charge on any atom is -0.497 e. The van der Waals surface area contributed by atoms with Gasteiger partial charge in [0.25, 0.3) is 0 Å². The number of pyridine rings is 1. The average Bonchev–Trinajstić information content (AvgIpc) is 3.36. The van der Waals surface area contributed by atoms with Crippen LogP contribution >= 0.6 is 0 Å². The van der Waals surface area contributed by atoms with Gasteiger partial charge >= 0.3 is 0 Å². The Morgan fingerprint density at radius 2 is 1.62 bits per heavy atom. The van der Waals surface area contributed by atoms with Crippen LogP contribution in [0.2, 0.25) is 0 Å². The Hall–Kier alpha value is -5.24. The molecule has 5 aromatic rings. The van der Waals surface area contributed by atoms with Crippen molar-refractivity contribution in [1.82, 2.24) is 14.8 Å². The van der Waals surface area contributed by atoms with E-state index in [-0.39, 0.29) is 6.04 Å². The fourth-order valence-corrected chi connectivity index (χ4v) is 5.63. The highest BCUT2D eigenvalue weighted by atomic mass is 16.5. The summed E-state index contributed by atoms with van der Waals surface area (Å²) in [5.74, 6) is 4.06. The molecule has 0 spiro atoms. The maximum Gasteiger partial charge on any atom is 0.179 e. The molecule has 0 aliphatic carbocycles. The molecule has 7 rings (SSSR count). The fourth-order valence-electron chi connectivity index (χ4n) is 5.63. The molecule has 0 radical (unpaired) electrons. The molecule has 4 heterocycles. The van der Waals surface area contributed by atoms with Gasteiger partial charge in [-0.05, 0) is 72.5 Å². The topological polar surface area (TPSA) is 79.9 Å². The predicted molar refractivity (Wildman–Crippen MR) is 168 cm³/mol. The molecule has 208 valence electrons. The van der Waals surface area contributed by atoms with Gasteiger partial charge in [0.15, 0.2) is 23.3 Å². The number of aromatic nitrogens is 3. The Labute approximate surface area is 245 Å². The van der Waals surface area contributed by atoms with Gasteiger partial charge in [0, 0.05) is 17.4 Å². The summed E-state index contributed by atoms with van der Waals surface area (Å²) in [4.78, 5) is 17.2. The summed E-state index contributed by atoms with van der Waals surface area (Å²) < 4.78 is 7.21. The quantitative estimate of drug-likeness (QED) is 0.244. The van der Waals surface area contributed by atoms with Crippen LogP contribution in [0.4, 0.5) is 22.9 Å². The lowest BCUT2D eigenvalue weighted by Gasteiger charge is -2.40. The summed E-state index contributed by atoms with van der Waals surface area (Å²) >= 11 is 0. The van der Waals surface area contributed by atoms with Crippen molar-refractivity contribution in [2.45, 2.75) is 32.7 Å². The molecular weight excluding hydrogens is 522 g/mol. The largest absolute Gasteiger partial charge is 0.497 e. The van der Waals surface area contributed by atoms with Gasteiger partial charge in [-0.15, -0.1) is 0 Å². The minimum absolute atomic E-state index is 0.185. The van der Waals surface area contributed by atoms with E-state index >= 15 is 0 Å². The number of aryl methyl sites for hydroxylation is 1. The summed E-state index contributed by atoms with van der Waals surface area (Å²) in [6, 6.07) is 30.6. The van der Waals surface area contributed by atoms with E-state index in [0.29, 0.717) is 23.4 Å². The third-order valence-electron chi connectivity index (χ3n) is 7.78. The highest BCUT2D eigenvalue weighted by Crippen LogP contribution is 2.48. The number of hydrogen-bond acceptors (Lipinski definition) is 7. The number of nitrogens with one attached hydrogen (secondary N) is 1. The van der Waals surface area contributed by atoms with Crippen LogP contribution in [0.5, 0.6) is 5.75 Å². The van der Waals surface area contributed by atoms with Crippen molar-refractivity contribution in [2.24, 2.45) is 9.98 Å². The number of hydrogen-bond donors (Lipinski definition) is 1. The zero-order chi connectivity index (χ0) is 28.8. The fraction of sp³-hybridized carbons (Fsp3) is 0.176. The zero-order valence-electron chi connectivity index (χ0n) is 24.0. The Bertz CT molecular complexity index is 1820. The van der Waals surface area contributed by atoms with Gasteiger partial charge in [0.1, 0.15) is 5.75 Å². The van der Waals surface area contributed by atoms with Crippen LogP contribution in [0.1, 0.15) is 48.2 Å². The van der Waals surface area contributed by atoms with E-state index in [0.717, 1.165) is 45.5 Å². The molecule has 2 aliphatic rings. The Morgan fingerprint density at radius 1 is 0.857 bits per heavy atom. The molecule has 0 saturated heterocycles. The highest BCUT2D eigenvalue weighted by molar-refractivity contribution is 6.51. The van der Waals surface area contributed by atoms with Crippen LogP contribution in [0.15, 0.2) is 107 Å². The lowest BCUT2D eigenvalue weighted by molar-refractivity contribution is 0.415. The van der Waals surface area contributed by atoms with E-state index in [9.17, 15) is 0 Å². The minimum atomic E-state index is -0.185. The Kier molecular flexibility index (Phi) is 6.31. The molecule has 1 N–H and O–H groups in total. The van der Waals surface area contributed by atoms with E-state index in [1.807, 2.05) is 65.3 Å². The van der Waals surface area contributed by atoms with Gasteiger partial charge in [-0.1, -0.05) is 56.3 Å². The number of anilines is 2. The van der Waals surface area contributed by atoms with Gasteiger partial charge in [0.2, 0.25) is 0 Å². The van der Waals surface area contributed by atoms with Crippen LogP contribution in [0, 0.1) is 6.92 Å². The molecule has 2 aromatic heterocycles. The molecule has 8 nitrogen and oxygen atoms in total. The SMILES string of the molecule is COc1ccc(NC2=Nc3ccccc3N3C2=Nc2c(c(C)nn2-c2ccccn2)C3c2ccc(C(C)C)cc2)cc1. The molecular formula is C34H31N7O. The number of methoxy groups -OCH3 is 1. The van der Waals surface area contributed by atoms with Crippen LogP contribution in [0.3, 0.4) is 0 Å². The molecule has 0 fully saturated rings. The molecule has 0 bridgehead atoms. The molecule has 3 aromatic carbocycles. The second-order valence-corrected chi connectivity index (χ2v) is 10.8. The Balaban J connectivity index is 1.46. The van der Waals surface area contributed by atoms with Gasteiger partial charge in [-0.3, -0.25) is 0 Å². The molecule has 0 saturated carbocycles. The first kappa shape index (κ1) is 25.7. The summed E-state index contributed by atoms with van der Waals surface area (Å²) in [6.07, 6.45) is 1.78. The molecule has 1 atom stereocenters. The van der Waals surface area contributed by atoms with E-state index in [1.54, 1.807) is 13.3 Å². The second kappa shape index (κ2) is 10.3. The van der Waals surface area contributed by atoms with Gasteiger partial charge in [-0.25, -0.2) is 15.0 Å². The van der Waals surface area contributed by atoms with Gasteiger partial charge in [0.05, 0.1) is 30.2 Å². The number of para-hydroxylation sites is 2. The van der Waals surface area contributed by atoms with Crippen molar-refractivity contribution < 1.29 is 4.74 Å². The molecule has 42 heavy (non-hydrogen) atoms. The van der Waals surface area contributed by atoms with Crippen LogP contribution in [0.25, 0.3) is 5.82 Å². The number of aliphatic imine (C=N–C) groups is 2. The second-order valence-electron chi connectivity index (χ2n) is 10.8. The molecule has 8 heteroatoms. The van der Waals surface area contributed by atoms with Crippen LogP contribution in [-0.2, 0) is 0 Å². The summed E-state index contributed by atoms with van der Waals surface area (Å²) in [5.41, 5.74) is 7.14. The number of amidine groups is 2. The molecule has 2 aliphatic heterocycles. The van der Waals surface area contributed by atoms with E-state index in [1.165, 1.54) is 5.56 Å². The van der Waals surface area contributed by atoms with E-state index in [2.05, 4.69) is 66.3 Å². The highest BCUT2D eigenvalue weighted by Gasteiger charge is 2.41. The number of fused-ring (bicyclic) bond motifs is 4. The maximum atomic E-state index is 5.37. The van der Waals surface area contributed by atoms with Gasteiger partial charge in [-0.2, -0.15) is 9.78 Å². The Morgan fingerprint density at radius 3 is 2.33 bits per heavy atom. The smallest absolute Gasteiger partial charge is 0.179 e. The summed E-state index contributed by atoms with van der Waals surface area (Å²) in [6.45, 7) is 6.48. The number of benzene rings is 3. The maximum absolute atomic E-state index is 5.37. The number of ether oxygens (including phenoxy) is 1.